The summed E-state index contributed by atoms with van der Waals surface area (Å²) >= 11 is 5.90. The van der Waals surface area contributed by atoms with Crippen molar-refractivity contribution < 1.29 is 14.7 Å². The number of hydrogen-bond acceptors (Lipinski definition) is 4. The van der Waals surface area contributed by atoms with E-state index in [1.165, 1.54) is 0 Å². The lowest BCUT2D eigenvalue weighted by Gasteiger charge is -2.19. The van der Waals surface area contributed by atoms with Crippen LogP contribution in [0, 0.1) is 5.92 Å². The number of nitrogens with one attached hydrogen (secondary N) is 1. The smallest absolute Gasteiger partial charge is 0.326 e. The van der Waals surface area contributed by atoms with Gasteiger partial charge in [-0.1, -0.05) is 37.3 Å². The third-order valence-electron chi connectivity index (χ3n) is 3.29. The molecule has 2 atom stereocenters. The molecule has 0 unspecified atom stereocenters. The molecule has 1 aromatic rings. The van der Waals surface area contributed by atoms with Gasteiger partial charge in [0.05, 0.1) is 5.92 Å². The summed E-state index contributed by atoms with van der Waals surface area (Å²) in [5, 5.41) is 11.9. The Morgan fingerprint density at radius 2 is 2.00 bits per heavy atom. The zero-order chi connectivity index (χ0) is 16.4. The highest BCUT2D eigenvalue weighted by molar-refractivity contribution is 7.99. The number of carboxylic acids is 1. The highest BCUT2D eigenvalue weighted by atomic mass is 32.2. The van der Waals surface area contributed by atoms with E-state index in [2.05, 4.69) is 17.9 Å². The molecule has 122 valence electrons. The molecule has 1 amide bonds. The van der Waals surface area contributed by atoms with Crippen molar-refractivity contribution in [3.63, 3.8) is 0 Å². The summed E-state index contributed by atoms with van der Waals surface area (Å²) in [5.41, 5.74) is 1.05. The van der Waals surface area contributed by atoms with Gasteiger partial charge in [0.2, 0.25) is 5.91 Å². The predicted molar refractivity (Wildman–Crippen MR) is 94.7 cm³/mol. The molecule has 1 aromatic carbocycles. The standard InChI is InChI=1S/C16H23NO3S2/c1-2-22-9-8-14(16(19)20)17-15(18)13(11-21)10-12-6-4-3-5-7-12/h3-7,13-14,21H,2,8-11H2,1H3,(H,17,18)(H,19,20)/t13-,14+/m0/s1. The fraction of sp³-hybridized carbons (Fsp3) is 0.500. The Hall–Kier alpha value is -1.14. The van der Waals surface area contributed by atoms with Gasteiger partial charge in [-0.25, -0.2) is 4.79 Å². The molecule has 0 aliphatic rings. The first-order chi connectivity index (χ1) is 10.6. The molecular formula is C16H23NO3S2. The number of thiol groups is 1. The number of carboxylic acid groups (broad SMARTS) is 1. The number of thioether (sulfide) groups is 1. The number of carbonyl (C=O) groups is 2. The van der Waals surface area contributed by atoms with Crippen LogP contribution in [0.15, 0.2) is 30.3 Å². The maximum atomic E-state index is 12.3. The average molecular weight is 341 g/mol. The molecule has 6 heteroatoms. The third-order valence-corrected chi connectivity index (χ3v) is 4.66. The third kappa shape index (κ3) is 6.75. The van der Waals surface area contributed by atoms with Crippen molar-refractivity contribution in [1.82, 2.24) is 5.32 Å². The van der Waals surface area contributed by atoms with Crippen LogP contribution in [0.4, 0.5) is 0 Å². The topological polar surface area (TPSA) is 66.4 Å². The highest BCUT2D eigenvalue weighted by Gasteiger charge is 2.24. The van der Waals surface area contributed by atoms with Crippen molar-refractivity contribution in [3.05, 3.63) is 35.9 Å². The molecule has 0 aliphatic heterocycles. The number of benzene rings is 1. The summed E-state index contributed by atoms with van der Waals surface area (Å²) in [5.74, 6) is 0.490. The van der Waals surface area contributed by atoms with E-state index in [1.807, 2.05) is 37.3 Å². The molecule has 0 bridgehead atoms. The fourth-order valence-electron chi connectivity index (χ4n) is 2.03. The van der Waals surface area contributed by atoms with Crippen molar-refractivity contribution >= 4 is 36.3 Å². The van der Waals surface area contributed by atoms with Crippen LogP contribution in [0.1, 0.15) is 18.9 Å². The van der Waals surface area contributed by atoms with Gasteiger partial charge in [-0.2, -0.15) is 24.4 Å². The van der Waals surface area contributed by atoms with Gasteiger partial charge in [-0.3, -0.25) is 4.79 Å². The molecule has 2 N–H and O–H groups in total. The molecule has 1 rings (SSSR count). The van der Waals surface area contributed by atoms with Crippen LogP contribution in [0.5, 0.6) is 0 Å². The molecule has 0 radical (unpaired) electrons. The second kappa shape index (κ2) is 10.6. The number of amides is 1. The lowest BCUT2D eigenvalue weighted by molar-refractivity contribution is -0.142. The number of aliphatic carboxylic acids is 1. The molecule has 22 heavy (non-hydrogen) atoms. The Balaban J connectivity index is 2.59. The summed E-state index contributed by atoms with van der Waals surface area (Å²) in [6.45, 7) is 2.02. The van der Waals surface area contributed by atoms with Crippen molar-refractivity contribution in [1.29, 1.82) is 0 Å². The minimum absolute atomic E-state index is 0.243. The van der Waals surface area contributed by atoms with Crippen LogP contribution in [0.3, 0.4) is 0 Å². The Kier molecular flexibility index (Phi) is 9.08. The average Bonchev–Trinajstić information content (AvgIpc) is 2.52. The lowest BCUT2D eigenvalue weighted by atomic mass is 9.99. The SMILES string of the molecule is CCSCC[C@@H](NC(=O)[C@H](CS)Cc1ccccc1)C(=O)O. The summed E-state index contributed by atoms with van der Waals surface area (Å²) in [4.78, 5) is 23.6. The second-order valence-electron chi connectivity index (χ2n) is 4.95. The van der Waals surface area contributed by atoms with Crippen molar-refractivity contribution in [2.75, 3.05) is 17.3 Å². The molecule has 0 heterocycles. The molecule has 4 nitrogen and oxygen atoms in total. The number of hydrogen-bond donors (Lipinski definition) is 3. The van der Waals surface area contributed by atoms with Crippen molar-refractivity contribution in [3.8, 4) is 0 Å². The van der Waals surface area contributed by atoms with Crippen LogP contribution in [-0.4, -0.2) is 40.3 Å². The van der Waals surface area contributed by atoms with E-state index < -0.39 is 12.0 Å². The Morgan fingerprint density at radius 1 is 1.32 bits per heavy atom. The van der Waals surface area contributed by atoms with Gasteiger partial charge in [0.25, 0.3) is 0 Å². The molecule has 0 aliphatic carbocycles. The predicted octanol–water partition coefficient (Wildman–Crippen LogP) is 2.49. The molecule has 0 saturated carbocycles. The van der Waals surface area contributed by atoms with Gasteiger partial charge in [0, 0.05) is 5.75 Å². The number of rotatable bonds is 10. The fourth-order valence-corrected chi connectivity index (χ4v) is 3.02. The van der Waals surface area contributed by atoms with Gasteiger partial charge in [-0.05, 0) is 29.9 Å². The van der Waals surface area contributed by atoms with Gasteiger partial charge < -0.3 is 10.4 Å². The minimum atomic E-state index is -0.984. The second-order valence-corrected chi connectivity index (χ2v) is 6.71. The summed E-state index contributed by atoms with van der Waals surface area (Å²) < 4.78 is 0. The Bertz CT molecular complexity index is 468. The minimum Gasteiger partial charge on any atom is -0.480 e. The summed E-state index contributed by atoms with van der Waals surface area (Å²) in [7, 11) is 0. The quantitative estimate of drug-likeness (QED) is 0.452. The van der Waals surface area contributed by atoms with E-state index in [4.69, 9.17) is 0 Å². The molecule has 0 aromatic heterocycles. The first-order valence-electron chi connectivity index (χ1n) is 7.34. The van der Waals surface area contributed by atoms with Crippen LogP contribution >= 0.6 is 24.4 Å². The molecule has 0 saturated heterocycles. The van der Waals surface area contributed by atoms with E-state index in [9.17, 15) is 14.7 Å². The van der Waals surface area contributed by atoms with Gasteiger partial charge in [-0.15, -0.1) is 0 Å². The molecule has 0 spiro atoms. The van der Waals surface area contributed by atoms with Crippen LogP contribution in [0.2, 0.25) is 0 Å². The van der Waals surface area contributed by atoms with E-state index in [-0.39, 0.29) is 11.8 Å². The van der Waals surface area contributed by atoms with Crippen LogP contribution in [-0.2, 0) is 16.0 Å². The van der Waals surface area contributed by atoms with Crippen molar-refractivity contribution in [2.45, 2.75) is 25.8 Å². The summed E-state index contributed by atoms with van der Waals surface area (Å²) in [6.07, 6.45) is 0.996. The lowest BCUT2D eigenvalue weighted by Crippen LogP contribution is -2.44. The summed E-state index contributed by atoms with van der Waals surface area (Å²) in [6, 6.07) is 8.85. The van der Waals surface area contributed by atoms with Gasteiger partial charge in [0.15, 0.2) is 0 Å². The van der Waals surface area contributed by atoms with E-state index in [1.54, 1.807) is 11.8 Å². The first-order valence-corrected chi connectivity index (χ1v) is 9.12. The first kappa shape index (κ1) is 18.9. The highest BCUT2D eigenvalue weighted by Crippen LogP contribution is 2.12. The monoisotopic (exact) mass is 341 g/mol. The zero-order valence-corrected chi connectivity index (χ0v) is 14.4. The van der Waals surface area contributed by atoms with Crippen LogP contribution in [0.25, 0.3) is 0 Å². The van der Waals surface area contributed by atoms with Crippen molar-refractivity contribution in [2.24, 2.45) is 5.92 Å². The van der Waals surface area contributed by atoms with E-state index in [0.717, 1.165) is 17.1 Å². The molecular weight excluding hydrogens is 318 g/mol. The van der Waals surface area contributed by atoms with E-state index in [0.29, 0.717) is 18.6 Å². The van der Waals surface area contributed by atoms with Crippen LogP contribution < -0.4 is 5.32 Å². The zero-order valence-electron chi connectivity index (χ0n) is 12.7. The van der Waals surface area contributed by atoms with E-state index >= 15 is 0 Å². The molecule has 0 fully saturated rings. The largest absolute Gasteiger partial charge is 0.480 e. The van der Waals surface area contributed by atoms with Gasteiger partial charge >= 0.3 is 5.97 Å². The normalized spacial score (nSPS) is 13.4. The maximum Gasteiger partial charge on any atom is 0.326 e. The van der Waals surface area contributed by atoms with Gasteiger partial charge in [0.1, 0.15) is 6.04 Å². The number of carbonyl (C=O) groups excluding carboxylic acids is 1. The Labute approximate surface area is 141 Å². The Morgan fingerprint density at radius 3 is 2.55 bits per heavy atom. The maximum absolute atomic E-state index is 12.3.